The first-order chi connectivity index (χ1) is 34.1. The molecule has 3 aliphatic carbocycles. The quantitative estimate of drug-likeness (QED) is 0.159. The van der Waals surface area contributed by atoms with Crippen LogP contribution in [0.2, 0.25) is 0 Å². The molecule has 2 unspecified atom stereocenters. The number of aliphatic imine (C=N–C) groups is 2. The molecule has 0 amide bonds. The van der Waals surface area contributed by atoms with Crippen LogP contribution in [0.4, 0.5) is 0 Å². The number of aryl methyl sites for hydroxylation is 1. The number of hydrogen-bond donors (Lipinski definition) is 0. The van der Waals surface area contributed by atoms with Gasteiger partial charge in [0.1, 0.15) is 0 Å². The second-order valence-electron chi connectivity index (χ2n) is 19.4. The van der Waals surface area contributed by atoms with Crippen molar-refractivity contribution in [2.45, 2.75) is 57.8 Å². The Labute approximate surface area is 404 Å². The van der Waals surface area contributed by atoms with Crippen molar-refractivity contribution in [2.24, 2.45) is 15.9 Å². The summed E-state index contributed by atoms with van der Waals surface area (Å²) in [5.74, 6) is 1.33. The molecule has 3 nitrogen and oxygen atoms in total. The standard InChI is InChI=1S/C66H53N3/c1-43-25-38-61(48-28-26-45(27-29-48)44-15-5-2-6-16-44)67-66(68-65(43)49-20-9-4-10-21-49)53-31-30-51-40-54(35-32-50(51)39-53)69-62-24-14-13-23-57(62)60-42-59-52(41-63(60)69)34-36-56(46-17-7-3-8-18-46)64-55-22-12-11-19-47(55)33-37-58(59)64/h2-13,15-20,22-23,26-33,35,37,39-42,49,56H,14,21,24-25,34,36,38H2,1H3/b65-43-,67-61?,68-66?. The lowest BCUT2D eigenvalue weighted by Gasteiger charge is -2.21. The van der Waals surface area contributed by atoms with Gasteiger partial charge in [-0.1, -0.05) is 182 Å². The Kier molecular flexibility index (Phi) is 10.4. The van der Waals surface area contributed by atoms with Gasteiger partial charge in [-0.3, -0.25) is 0 Å². The van der Waals surface area contributed by atoms with Crippen LogP contribution < -0.4 is 0 Å². The van der Waals surface area contributed by atoms with Crippen molar-refractivity contribution in [2.75, 3.05) is 0 Å². The van der Waals surface area contributed by atoms with Crippen LogP contribution in [-0.2, 0) is 12.8 Å². The zero-order chi connectivity index (χ0) is 45.8. The summed E-state index contributed by atoms with van der Waals surface area (Å²) in [5.41, 5.74) is 20.5. The fourth-order valence-corrected chi connectivity index (χ4v) is 11.8. The SMILES string of the molecule is C/C1=C(\C2C=CC=CC2)N=C(c2ccc3cc(-n4c5c(c6cc7c(cc64)CCC(c4ccccc4)c4c-7ccc6ccccc46)C=CCC5)ccc3c2)N=C(c2ccc(-c3ccccc3)cc2)CC1. The van der Waals surface area contributed by atoms with E-state index in [9.17, 15) is 0 Å². The van der Waals surface area contributed by atoms with Crippen molar-refractivity contribution in [3.8, 4) is 27.9 Å². The fourth-order valence-electron chi connectivity index (χ4n) is 11.8. The molecule has 0 saturated heterocycles. The second kappa shape index (κ2) is 17.3. The predicted molar refractivity (Wildman–Crippen MR) is 291 cm³/mol. The minimum absolute atomic E-state index is 0.238. The molecular weight excluding hydrogens is 835 g/mol. The minimum Gasteiger partial charge on any atom is -0.313 e. The fraction of sp³-hybridized carbons (Fsp3) is 0.152. The van der Waals surface area contributed by atoms with Gasteiger partial charge in [0.15, 0.2) is 5.84 Å². The maximum atomic E-state index is 5.50. The maximum absolute atomic E-state index is 5.50. The lowest BCUT2D eigenvalue weighted by molar-refractivity contribution is 0.730. The monoisotopic (exact) mass is 887 g/mol. The smallest absolute Gasteiger partial charge is 0.159 e. The summed E-state index contributed by atoms with van der Waals surface area (Å²) in [7, 11) is 0. The van der Waals surface area contributed by atoms with E-state index in [1.807, 2.05) is 0 Å². The number of benzene rings is 8. The molecule has 1 aromatic heterocycles. The van der Waals surface area contributed by atoms with Gasteiger partial charge in [0, 0.05) is 45.4 Å². The molecular formula is C66H53N3. The van der Waals surface area contributed by atoms with E-state index >= 15 is 0 Å². The lowest BCUT2D eigenvalue weighted by atomic mass is 9.82. The van der Waals surface area contributed by atoms with E-state index in [0.29, 0.717) is 5.92 Å². The molecule has 4 aliphatic rings. The van der Waals surface area contributed by atoms with E-state index in [2.05, 4.69) is 218 Å². The highest BCUT2D eigenvalue weighted by Crippen LogP contribution is 2.47. The Morgan fingerprint density at radius 1 is 0.551 bits per heavy atom. The molecule has 8 aromatic carbocycles. The van der Waals surface area contributed by atoms with Crippen LogP contribution in [-0.4, -0.2) is 16.1 Å². The van der Waals surface area contributed by atoms with Gasteiger partial charge in [0.2, 0.25) is 0 Å². The number of fused-ring (bicyclic) bond motifs is 9. The summed E-state index contributed by atoms with van der Waals surface area (Å²) in [6.07, 6.45) is 20.5. The highest BCUT2D eigenvalue weighted by molar-refractivity contribution is 6.14. The summed E-state index contributed by atoms with van der Waals surface area (Å²) < 4.78 is 2.58. The molecule has 13 rings (SSSR count). The molecule has 1 aliphatic heterocycles. The molecule has 332 valence electrons. The van der Waals surface area contributed by atoms with Crippen LogP contribution in [0.25, 0.3) is 66.5 Å². The lowest BCUT2D eigenvalue weighted by Crippen LogP contribution is -2.13. The van der Waals surface area contributed by atoms with Crippen LogP contribution in [0.5, 0.6) is 0 Å². The Balaban J connectivity index is 0.911. The summed E-state index contributed by atoms with van der Waals surface area (Å²) in [6.45, 7) is 2.27. The number of amidine groups is 1. The first kappa shape index (κ1) is 41.3. The van der Waals surface area contributed by atoms with E-state index in [0.717, 1.165) is 73.3 Å². The van der Waals surface area contributed by atoms with Crippen molar-refractivity contribution < 1.29 is 0 Å². The molecule has 0 bridgehead atoms. The summed E-state index contributed by atoms with van der Waals surface area (Å²) >= 11 is 0. The Morgan fingerprint density at radius 2 is 1.30 bits per heavy atom. The number of rotatable bonds is 6. The average molecular weight is 888 g/mol. The van der Waals surface area contributed by atoms with Gasteiger partial charge in [0.05, 0.1) is 11.2 Å². The molecule has 2 heterocycles. The van der Waals surface area contributed by atoms with Gasteiger partial charge >= 0.3 is 0 Å². The number of aromatic nitrogens is 1. The Hall–Kier alpha value is -7.88. The normalized spacial score (nSPS) is 18.8. The van der Waals surface area contributed by atoms with Crippen molar-refractivity contribution in [1.29, 1.82) is 0 Å². The Bertz CT molecular complexity index is 3690. The van der Waals surface area contributed by atoms with Gasteiger partial charge in [-0.2, -0.15) is 0 Å². The van der Waals surface area contributed by atoms with Crippen LogP contribution in [0.1, 0.15) is 84.0 Å². The molecule has 2 atom stereocenters. The third-order valence-corrected chi connectivity index (χ3v) is 15.3. The largest absolute Gasteiger partial charge is 0.313 e. The van der Waals surface area contributed by atoms with Crippen molar-refractivity contribution in [1.82, 2.24) is 4.57 Å². The van der Waals surface area contributed by atoms with Gasteiger partial charge in [-0.05, 0) is 148 Å². The van der Waals surface area contributed by atoms with Crippen molar-refractivity contribution >= 4 is 50.1 Å². The van der Waals surface area contributed by atoms with E-state index in [1.54, 1.807) is 0 Å². The van der Waals surface area contributed by atoms with Crippen LogP contribution in [0, 0.1) is 5.92 Å². The molecule has 9 aromatic rings. The average Bonchev–Trinajstić information content (AvgIpc) is 3.63. The summed E-state index contributed by atoms with van der Waals surface area (Å²) in [4.78, 5) is 11.0. The summed E-state index contributed by atoms with van der Waals surface area (Å²) in [5, 5.41) is 6.40. The molecule has 3 heteroatoms. The molecule has 0 radical (unpaired) electrons. The third kappa shape index (κ3) is 7.45. The number of hydrogen-bond acceptors (Lipinski definition) is 2. The predicted octanol–water partition coefficient (Wildman–Crippen LogP) is 16.7. The third-order valence-electron chi connectivity index (χ3n) is 15.3. The maximum Gasteiger partial charge on any atom is 0.159 e. The molecule has 0 spiro atoms. The first-order valence-corrected chi connectivity index (χ1v) is 24.9. The van der Waals surface area contributed by atoms with Gasteiger partial charge < -0.3 is 4.57 Å². The number of nitrogens with zero attached hydrogens (tertiary/aromatic N) is 3. The van der Waals surface area contributed by atoms with Crippen molar-refractivity contribution in [3.05, 3.63) is 251 Å². The zero-order valence-corrected chi connectivity index (χ0v) is 39.1. The highest BCUT2D eigenvalue weighted by Gasteiger charge is 2.29. The van der Waals surface area contributed by atoms with Crippen molar-refractivity contribution in [3.63, 3.8) is 0 Å². The van der Waals surface area contributed by atoms with E-state index in [1.165, 1.54) is 93.9 Å². The molecule has 0 fully saturated rings. The van der Waals surface area contributed by atoms with E-state index < -0.39 is 0 Å². The second-order valence-corrected chi connectivity index (χ2v) is 19.4. The van der Waals surface area contributed by atoms with Gasteiger partial charge in [0.25, 0.3) is 0 Å². The van der Waals surface area contributed by atoms with Gasteiger partial charge in [-0.15, -0.1) is 0 Å². The van der Waals surface area contributed by atoms with Crippen LogP contribution in [0.3, 0.4) is 0 Å². The van der Waals surface area contributed by atoms with Crippen LogP contribution >= 0.6 is 0 Å². The minimum atomic E-state index is 0.238. The van der Waals surface area contributed by atoms with Gasteiger partial charge in [-0.25, -0.2) is 9.98 Å². The summed E-state index contributed by atoms with van der Waals surface area (Å²) in [6, 6.07) is 63.4. The van der Waals surface area contributed by atoms with E-state index in [-0.39, 0.29) is 5.92 Å². The first-order valence-electron chi connectivity index (χ1n) is 24.9. The zero-order valence-electron chi connectivity index (χ0n) is 39.1. The number of allylic oxidation sites excluding steroid dienone is 6. The molecule has 69 heavy (non-hydrogen) atoms. The molecule has 0 saturated carbocycles. The highest BCUT2D eigenvalue weighted by atomic mass is 15.0. The van der Waals surface area contributed by atoms with E-state index in [4.69, 9.17) is 9.98 Å². The Morgan fingerprint density at radius 3 is 2.16 bits per heavy atom. The molecule has 0 N–H and O–H groups in total. The topological polar surface area (TPSA) is 29.6 Å². The van der Waals surface area contributed by atoms with Crippen LogP contribution in [0.15, 0.2) is 221 Å².